The number of nitrogens with one attached hydrogen (secondary N) is 1. The third kappa shape index (κ3) is 2.95. The van der Waals surface area contributed by atoms with Crippen molar-refractivity contribution in [2.24, 2.45) is 5.92 Å². The number of halogens is 1. The molecule has 0 aliphatic carbocycles. The van der Waals surface area contributed by atoms with Gasteiger partial charge in [0.15, 0.2) is 11.5 Å². The monoisotopic (exact) mass is 341 g/mol. The topological polar surface area (TPSA) is 39.7 Å². The molecule has 3 rings (SSSR count). The van der Waals surface area contributed by atoms with Crippen molar-refractivity contribution >= 4 is 15.9 Å². The van der Waals surface area contributed by atoms with Gasteiger partial charge in [-0.25, -0.2) is 0 Å². The molecule has 2 heterocycles. The van der Waals surface area contributed by atoms with Crippen molar-refractivity contribution in [2.45, 2.75) is 32.4 Å². The number of hydrogen-bond donors (Lipinski definition) is 1. The number of fused-ring (bicyclic) bond motifs is 1. The molecule has 1 saturated heterocycles. The van der Waals surface area contributed by atoms with Crippen LogP contribution >= 0.6 is 15.9 Å². The smallest absolute Gasteiger partial charge is 0.231 e. The third-order valence-electron chi connectivity index (χ3n) is 4.01. The summed E-state index contributed by atoms with van der Waals surface area (Å²) in [5, 5.41) is 3.53. The van der Waals surface area contributed by atoms with Gasteiger partial charge in [0.25, 0.3) is 0 Å². The standard InChI is InChI=1S/C15H20BrNO3/c1-2-13-10(3-4-18-13)7-17-8-11-5-14-15(6-12(11)16)20-9-19-14/h5-6,10,13,17H,2-4,7-9H2,1H3. The minimum atomic E-state index is 0.316. The lowest BCUT2D eigenvalue weighted by atomic mass is 9.99. The molecule has 1 aromatic carbocycles. The number of rotatable bonds is 5. The fourth-order valence-electron chi connectivity index (χ4n) is 2.86. The molecule has 2 aliphatic rings. The van der Waals surface area contributed by atoms with E-state index in [4.69, 9.17) is 14.2 Å². The predicted octanol–water partition coefficient (Wildman–Crippen LogP) is 3.08. The highest BCUT2D eigenvalue weighted by atomic mass is 79.9. The van der Waals surface area contributed by atoms with Crippen LogP contribution in [0, 0.1) is 5.92 Å². The van der Waals surface area contributed by atoms with E-state index in [1.54, 1.807) is 0 Å². The molecule has 20 heavy (non-hydrogen) atoms. The first kappa shape index (κ1) is 14.2. The summed E-state index contributed by atoms with van der Waals surface area (Å²) in [5.41, 5.74) is 1.20. The van der Waals surface area contributed by atoms with E-state index in [-0.39, 0.29) is 0 Å². The lowest BCUT2D eigenvalue weighted by Gasteiger charge is -2.17. The zero-order chi connectivity index (χ0) is 13.9. The first-order valence-corrected chi connectivity index (χ1v) is 7.97. The lowest BCUT2D eigenvalue weighted by Crippen LogP contribution is -2.28. The molecule has 2 aliphatic heterocycles. The Bertz CT molecular complexity index is 480. The summed E-state index contributed by atoms with van der Waals surface area (Å²) in [4.78, 5) is 0. The Morgan fingerprint density at radius 2 is 2.10 bits per heavy atom. The first-order valence-electron chi connectivity index (χ1n) is 7.18. The summed E-state index contributed by atoms with van der Waals surface area (Å²) in [6.45, 7) is 5.23. The van der Waals surface area contributed by atoms with Gasteiger partial charge in [0, 0.05) is 24.2 Å². The summed E-state index contributed by atoms with van der Waals surface area (Å²) in [6.07, 6.45) is 2.68. The quantitative estimate of drug-likeness (QED) is 0.893. The van der Waals surface area contributed by atoms with Crippen LogP contribution in [-0.2, 0) is 11.3 Å². The van der Waals surface area contributed by atoms with E-state index in [1.165, 1.54) is 5.56 Å². The second-order valence-corrected chi connectivity index (χ2v) is 6.15. The Labute approximate surface area is 127 Å². The Morgan fingerprint density at radius 1 is 1.30 bits per heavy atom. The fraction of sp³-hybridized carbons (Fsp3) is 0.600. The van der Waals surface area contributed by atoms with E-state index in [1.807, 2.05) is 12.1 Å². The second-order valence-electron chi connectivity index (χ2n) is 5.29. The van der Waals surface area contributed by atoms with Crippen LogP contribution in [0.15, 0.2) is 16.6 Å². The highest BCUT2D eigenvalue weighted by Crippen LogP contribution is 2.36. The molecular formula is C15H20BrNO3. The van der Waals surface area contributed by atoms with Gasteiger partial charge >= 0.3 is 0 Å². The van der Waals surface area contributed by atoms with Gasteiger partial charge in [0.1, 0.15) is 0 Å². The molecule has 2 unspecified atom stereocenters. The Morgan fingerprint density at radius 3 is 2.90 bits per heavy atom. The summed E-state index contributed by atoms with van der Waals surface area (Å²) in [6, 6.07) is 4.02. The largest absolute Gasteiger partial charge is 0.454 e. The van der Waals surface area contributed by atoms with E-state index in [0.29, 0.717) is 18.8 Å². The van der Waals surface area contributed by atoms with Crippen LogP contribution in [-0.4, -0.2) is 26.0 Å². The SMILES string of the molecule is CCC1OCCC1CNCc1cc2c(cc1Br)OCO2. The molecule has 110 valence electrons. The molecule has 0 spiro atoms. The zero-order valence-corrected chi connectivity index (χ0v) is 13.2. The van der Waals surface area contributed by atoms with Crippen molar-refractivity contribution in [1.82, 2.24) is 5.32 Å². The molecule has 0 radical (unpaired) electrons. The Balaban J connectivity index is 1.56. The van der Waals surface area contributed by atoms with E-state index < -0.39 is 0 Å². The van der Waals surface area contributed by atoms with E-state index in [0.717, 1.165) is 48.5 Å². The molecule has 0 amide bonds. The van der Waals surface area contributed by atoms with Gasteiger partial charge in [-0.05, 0) is 36.5 Å². The van der Waals surface area contributed by atoms with Crippen LogP contribution in [0.25, 0.3) is 0 Å². The molecule has 0 aromatic heterocycles. The molecule has 2 atom stereocenters. The number of hydrogen-bond acceptors (Lipinski definition) is 4. The average molecular weight is 342 g/mol. The highest BCUT2D eigenvalue weighted by Gasteiger charge is 2.26. The minimum absolute atomic E-state index is 0.316. The second kappa shape index (κ2) is 6.33. The predicted molar refractivity (Wildman–Crippen MR) is 80.1 cm³/mol. The van der Waals surface area contributed by atoms with Crippen molar-refractivity contribution < 1.29 is 14.2 Å². The molecule has 0 saturated carbocycles. The lowest BCUT2D eigenvalue weighted by molar-refractivity contribution is 0.0872. The van der Waals surface area contributed by atoms with E-state index in [2.05, 4.69) is 28.2 Å². The highest BCUT2D eigenvalue weighted by molar-refractivity contribution is 9.10. The Hall–Kier alpha value is -0.780. The van der Waals surface area contributed by atoms with Crippen LogP contribution in [0.2, 0.25) is 0 Å². The molecule has 0 bridgehead atoms. The van der Waals surface area contributed by atoms with Gasteiger partial charge in [0.2, 0.25) is 6.79 Å². The van der Waals surface area contributed by atoms with Gasteiger partial charge in [0.05, 0.1) is 6.10 Å². The minimum Gasteiger partial charge on any atom is -0.454 e. The molecule has 1 aromatic rings. The number of ether oxygens (including phenoxy) is 3. The van der Waals surface area contributed by atoms with Gasteiger partial charge in [-0.3, -0.25) is 0 Å². The zero-order valence-electron chi connectivity index (χ0n) is 11.7. The van der Waals surface area contributed by atoms with Crippen molar-refractivity contribution in [3.63, 3.8) is 0 Å². The number of benzene rings is 1. The summed E-state index contributed by atoms with van der Waals surface area (Å²) < 4.78 is 17.6. The van der Waals surface area contributed by atoms with Crippen LogP contribution in [0.3, 0.4) is 0 Å². The summed E-state index contributed by atoms with van der Waals surface area (Å²) >= 11 is 3.59. The molecule has 1 fully saturated rings. The van der Waals surface area contributed by atoms with Crippen molar-refractivity contribution in [3.8, 4) is 11.5 Å². The van der Waals surface area contributed by atoms with Crippen molar-refractivity contribution in [3.05, 3.63) is 22.2 Å². The van der Waals surface area contributed by atoms with Gasteiger partial charge in [-0.2, -0.15) is 0 Å². The molecule has 5 heteroatoms. The van der Waals surface area contributed by atoms with Crippen LogP contribution in [0.1, 0.15) is 25.3 Å². The van der Waals surface area contributed by atoms with E-state index in [9.17, 15) is 0 Å². The average Bonchev–Trinajstić information content (AvgIpc) is 3.07. The molecule has 4 nitrogen and oxygen atoms in total. The third-order valence-corrected chi connectivity index (χ3v) is 4.75. The van der Waals surface area contributed by atoms with Gasteiger partial charge < -0.3 is 19.5 Å². The summed E-state index contributed by atoms with van der Waals surface area (Å²) in [5.74, 6) is 2.28. The molecular weight excluding hydrogens is 322 g/mol. The van der Waals surface area contributed by atoms with Crippen LogP contribution in [0.5, 0.6) is 11.5 Å². The normalized spacial score (nSPS) is 24.3. The first-order chi connectivity index (χ1) is 9.78. The van der Waals surface area contributed by atoms with Crippen molar-refractivity contribution in [2.75, 3.05) is 19.9 Å². The molecule has 1 N–H and O–H groups in total. The summed E-state index contributed by atoms with van der Waals surface area (Å²) in [7, 11) is 0. The van der Waals surface area contributed by atoms with Crippen molar-refractivity contribution in [1.29, 1.82) is 0 Å². The van der Waals surface area contributed by atoms with Crippen LogP contribution < -0.4 is 14.8 Å². The van der Waals surface area contributed by atoms with E-state index >= 15 is 0 Å². The maximum atomic E-state index is 5.72. The van der Waals surface area contributed by atoms with Gasteiger partial charge in [-0.15, -0.1) is 0 Å². The Kier molecular flexibility index (Phi) is 4.48. The maximum absolute atomic E-state index is 5.72. The van der Waals surface area contributed by atoms with Gasteiger partial charge in [-0.1, -0.05) is 22.9 Å². The maximum Gasteiger partial charge on any atom is 0.231 e. The van der Waals surface area contributed by atoms with Crippen LogP contribution in [0.4, 0.5) is 0 Å². The fourth-order valence-corrected chi connectivity index (χ4v) is 3.33.